The maximum absolute atomic E-state index is 12.4. The molecular formula is C12H12F3NO2. The molecule has 2 rings (SSSR count). The highest BCUT2D eigenvalue weighted by atomic mass is 19.4. The highest BCUT2D eigenvalue weighted by molar-refractivity contribution is 5.40. The molecule has 0 saturated carbocycles. The van der Waals surface area contributed by atoms with E-state index < -0.39 is 11.7 Å². The van der Waals surface area contributed by atoms with Crippen molar-refractivity contribution in [3.63, 3.8) is 0 Å². The van der Waals surface area contributed by atoms with Crippen molar-refractivity contribution >= 4 is 0 Å². The van der Waals surface area contributed by atoms with E-state index in [0.717, 1.165) is 17.2 Å². The lowest BCUT2D eigenvalue weighted by atomic mass is 10.0. The summed E-state index contributed by atoms with van der Waals surface area (Å²) < 4.78 is 42.6. The minimum atomic E-state index is -4.34. The standard InChI is InChI=1S/C12H12F3NO2/c1-7-8(2)18-11(16(7)17)9-3-5-10(6-4-9)12(13,14)15/h3,5-6,17H,4H2,1-2H3. The predicted octanol–water partition coefficient (Wildman–Crippen LogP) is 3.62. The van der Waals surface area contributed by atoms with Gasteiger partial charge in [0.15, 0.2) is 0 Å². The van der Waals surface area contributed by atoms with E-state index in [0.29, 0.717) is 17.0 Å². The van der Waals surface area contributed by atoms with Crippen LogP contribution >= 0.6 is 0 Å². The summed E-state index contributed by atoms with van der Waals surface area (Å²) in [5.74, 6) is 0.692. The topological polar surface area (TPSA) is 32.7 Å². The first-order chi connectivity index (χ1) is 8.30. The minimum absolute atomic E-state index is 0.0678. The van der Waals surface area contributed by atoms with Crippen LogP contribution in [0.1, 0.15) is 20.3 Å². The molecule has 0 aromatic heterocycles. The van der Waals surface area contributed by atoms with Gasteiger partial charge in [-0.1, -0.05) is 12.2 Å². The number of rotatable bonds is 0. The fraction of sp³-hybridized carbons (Fsp3) is 0.333. The molecule has 0 aromatic rings. The number of nitrogens with zero attached hydrogens (tertiary/aromatic N) is 1. The molecular weight excluding hydrogens is 247 g/mol. The van der Waals surface area contributed by atoms with Crippen LogP contribution in [0.5, 0.6) is 0 Å². The summed E-state index contributed by atoms with van der Waals surface area (Å²) in [6.07, 6.45) is -0.910. The number of allylic oxidation sites excluding steroid dienone is 7. The van der Waals surface area contributed by atoms with Crippen LogP contribution in [0.2, 0.25) is 0 Å². The number of hydrogen-bond donors (Lipinski definition) is 1. The first-order valence-electron chi connectivity index (χ1n) is 5.33. The average Bonchev–Trinajstić information content (AvgIpc) is 2.56. The van der Waals surface area contributed by atoms with Gasteiger partial charge in [0.05, 0.1) is 11.3 Å². The van der Waals surface area contributed by atoms with Gasteiger partial charge in [-0.15, -0.1) is 0 Å². The van der Waals surface area contributed by atoms with Gasteiger partial charge >= 0.3 is 6.18 Å². The van der Waals surface area contributed by atoms with Crippen molar-refractivity contribution in [2.24, 2.45) is 0 Å². The Bertz CT molecular complexity index is 498. The van der Waals surface area contributed by atoms with Crippen molar-refractivity contribution in [2.45, 2.75) is 26.4 Å². The lowest BCUT2D eigenvalue weighted by Crippen LogP contribution is -2.15. The van der Waals surface area contributed by atoms with Crippen molar-refractivity contribution in [3.05, 3.63) is 46.7 Å². The summed E-state index contributed by atoms with van der Waals surface area (Å²) in [5, 5.41) is 10.6. The smallest absolute Gasteiger partial charge is 0.416 e. The monoisotopic (exact) mass is 259 g/mol. The maximum Gasteiger partial charge on any atom is 0.416 e. The van der Waals surface area contributed by atoms with Crippen LogP contribution in [-0.4, -0.2) is 16.4 Å². The third-order valence-electron chi connectivity index (χ3n) is 2.88. The molecule has 6 heteroatoms. The first kappa shape index (κ1) is 12.8. The van der Waals surface area contributed by atoms with Crippen LogP contribution in [0.25, 0.3) is 0 Å². The van der Waals surface area contributed by atoms with Crippen molar-refractivity contribution in [2.75, 3.05) is 0 Å². The second-order valence-electron chi connectivity index (χ2n) is 4.08. The number of hydroxylamine groups is 2. The summed E-state index contributed by atoms with van der Waals surface area (Å²) in [6, 6.07) is 0. The van der Waals surface area contributed by atoms with Gasteiger partial charge in [-0.2, -0.15) is 18.2 Å². The van der Waals surface area contributed by atoms with E-state index in [9.17, 15) is 18.4 Å². The Kier molecular flexibility index (Phi) is 2.98. The Morgan fingerprint density at radius 3 is 2.33 bits per heavy atom. The summed E-state index contributed by atoms with van der Waals surface area (Å²) in [5.41, 5.74) is 0.342. The van der Waals surface area contributed by atoms with Crippen LogP contribution in [0.4, 0.5) is 13.2 Å². The Balaban J connectivity index is 2.22. The van der Waals surface area contributed by atoms with Gasteiger partial charge in [0, 0.05) is 5.57 Å². The normalized spacial score (nSPS) is 24.6. The molecule has 1 aliphatic carbocycles. The van der Waals surface area contributed by atoms with Gasteiger partial charge < -0.3 is 4.74 Å². The molecule has 3 nitrogen and oxygen atoms in total. The fourth-order valence-corrected chi connectivity index (χ4v) is 1.68. The van der Waals surface area contributed by atoms with Gasteiger partial charge in [0.2, 0.25) is 5.88 Å². The van der Waals surface area contributed by atoms with Crippen LogP contribution in [0.15, 0.2) is 46.7 Å². The molecule has 0 spiro atoms. The van der Waals surface area contributed by atoms with E-state index >= 15 is 0 Å². The fourth-order valence-electron chi connectivity index (χ4n) is 1.68. The summed E-state index contributed by atoms with van der Waals surface area (Å²) in [7, 11) is 0. The lowest BCUT2D eigenvalue weighted by Gasteiger charge is -2.17. The Hall–Kier alpha value is -1.69. The van der Waals surface area contributed by atoms with Gasteiger partial charge in [0.1, 0.15) is 5.76 Å². The van der Waals surface area contributed by atoms with E-state index in [2.05, 4.69) is 0 Å². The van der Waals surface area contributed by atoms with E-state index in [-0.39, 0.29) is 12.3 Å². The third-order valence-corrected chi connectivity index (χ3v) is 2.88. The second-order valence-corrected chi connectivity index (χ2v) is 4.08. The SMILES string of the molecule is CC1=C(C)N(O)C(=C2C=CC(C(F)(F)F)=CC2)O1. The number of alkyl halides is 3. The molecule has 2 aliphatic rings. The molecule has 0 unspecified atom stereocenters. The molecule has 0 radical (unpaired) electrons. The van der Waals surface area contributed by atoms with Crippen molar-refractivity contribution < 1.29 is 23.1 Å². The van der Waals surface area contributed by atoms with Crippen LogP contribution in [0, 0.1) is 0 Å². The quantitative estimate of drug-likeness (QED) is 0.721. The predicted molar refractivity (Wildman–Crippen MR) is 58.0 cm³/mol. The molecule has 0 saturated heterocycles. The third kappa shape index (κ3) is 2.15. The molecule has 0 aromatic carbocycles. The second kappa shape index (κ2) is 4.20. The van der Waals surface area contributed by atoms with Crippen molar-refractivity contribution in [1.29, 1.82) is 0 Å². The maximum atomic E-state index is 12.4. The van der Waals surface area contributed by atoms with Crippen LogP contribution in [-0.2, 0) is 4.74 Å². The average molecular weight is 259 g/mol. The van der Waals surface area contributed by atoms with Gasteiger partial charge in [0.25, 0.3) is 0 Å². The first-order valence-corrected chi connectivity index (χ1v) is 5.33. The van der Waals surface area contributed by atoms with E-state index in [1.165, 1.54) is 6.08 Å². The molecule has 0 amide bonds. The lowest BCUT2D eigenvalue weighted by molar-refractivity contribution is -0.0885. The molecule has 18 heavy (non-hydrogen) atoms. The highest BCUT2D eigenvalue weighted by Crippen LogP contribution is 2.35. The van der Waals surface area contributed by atoms with Gasteiger partial charge in [-0.25, -0.2) is 0 Å². The largest absolute Gasteiger partial charge is 0.441 e. The summed E-state index contributed by atoms with van der Waals surface area (Å²) >= 11 is 0. The molecule has 98 valence electrons. The van der Waals surface area contributed by atoms with E-state index in [4.69, 9.17) is 4.74 Å². The Morgan fingerprint density at radius 1 is 1.28 bits per heavy atom. The molecule has 0 fully saturated rings. The molecule has 1 heterocycles. The minimum Gasteiger partial charge on any atom is -0.441 e. The Morgan fingerprint density at radius 2 is 1.94 bits per heavy atom. The van der Waals surface area contributed by atoms with Crippen molar-refractivity contribution in [1.82, 2.24) is 5.06 Å². The molecule has 0 atom stereocenters. The number of hydrogen-bond acceptors (Lipinski definition) is 3. The summed E-state index contributed by atoms with van der Waals surface area (Å²) in [6.45, 7) is 3.34. The summed E-state index contributed by atoms with van der Waals surface area (Å²) in [4.78, 5) is 0. The van der Waals surface area contributed by atoms with Crippen molar-refractivity contribution in [3.8, 4) is 0 Å². The number of ether oxygens (including phenoxy) is 1. The van der Waals surface area contributed by atoms with E-state index in [1.807, 2.05) is 0 Å². The zero-order chi connectivity index (χ0) is 13.5. The number of halogens is 3. The van der Waals surface area contributed by atoms with Gasteiger partial charge in [-0.05, 0) is 26.3 Å². The van der Waals surface area contributed by atoms with Gasteiger partial charge in [-0.3, -0.25) is 5.21 Å². The zero-order valence-electron chi connectivity index (χ0n) is 9.88. The molecule has 1 N–H and O–H groups in total. The highest BCUT2D eigenvalue weighted by Gasteiger charge is 2.33. The Labute approximate surface area is 102 Å². The zero-order valence-corrected chi connectivity index (χ0v) is 9.88. The van der Waals surface area contributed by atoms with Crippen LogP contribution in [0.3, 0.4) is 0 Å². The van der Waals surface area contributed by atoms with Crippen LogP contribution < -0.4 is 0 Å². The van der Waals surface area contributed by atoms with E-state index in [1.54, 1.807) is 13.8 Å². The molecule has 0 bridgehead atoms. The molecule has 1 aliphatic heterocycles.